The fourth-order valence-electron chi connectivity index (χ4n) is 5.75. The van der Waals surface area contributed by atoms with Crippen LogP contribution in [0.3, 0.4) is 0 Å². The zero-order valence-electron chi connectivity index (χ0n) is 20.1. The van der Waals surface area contributed by atoms with E-state index < -0.39 is 5.54 Å². The lowest BCUT2D eigenvalue weighted by Crippen LogP contribution is -2.67. The highest BCUT2D eigenvalue weighted by Crippen LogP contribution is 2.48. The molecule has 4 aromatic rings. The maximum absolute atomic E-state index is 14.1. The molecule has 6 rings (SSSR count). The van der Waals surface area contributed by atoms with Crippen LogP contribution in [0.25, 0.3) is 10.9 Å². The number of carbonyl (C=O) groups excluding carboxylic acids is 2. The van der Waals surface area contributed by atoms with Gasteiger partial charge < -0.3 is 19.5 Å². The van der Waals surface area contributed by atoms with Crippen molar-refractivity contribution in [2.75, 3.05) is 20.2 Å². The third-order valence-electron chi connectivity index (χ3n) is 7.62. The van der Waals surface area contributed by atoms with Crippen LogP contribution >= 0.6 is 0 Å². The van der Waals surface area contributed by atoms with Gasteiger partial charge in [0, 0.05) is 29.9 Å². The summed E-state index contributed by atoms with van der Waals surface area (Å²) in [5, 5.41) is 1.05. The number of carbonyl (C=O) groups is 2. The van der Waals surface area contributed by atoms with E-state index in [2.05, 4.69) is 11.1 Å². The number of nitrogens with one attached hydrogen (secondary N) is 1. The second kappa shape index (κ2) is 8.22. The Balaban J connectivity index is 1.48. The van der Waals surface area contributed by atoms with Gasteiger partial charge in [0.15, 0.2) is 5.54 Å². The molecule has 1 saturated heterocycles. The van der Waals surface area contributed by atoms with Gasteiger partial charge >= 0.3 is 0 Å². The summed E-state index contributed by atoms with van der Waals surface area (Å²) < 4.78 is 18.8. The summed E-state index contributed by atoms with van der Waals surface area (Å²) in [5.74, 6) is 0.0710. The Morgan fingerprint density at radius 1 is 1.03 bits per heavy atom. The smallest absolute Gasteiger partial charge is 0.255 e. The SMILES string of the molecule is COc1ccc(C2CN3C(=O)CN(Cc4ccc(F)cc4)C(=O)C3(C)c3[nH]c4ccccc4c32)cc1. The average molecular weight is 484 g/mol. The number of halogens is 1. The Morgan fingerprint density at radius 2 is 1.75 bits per heavy atom. The Labute approximate surface area is 208 Å². The van der Waals surface area contributed by atoms with Crippen LogP contribution in [0.1, 0.15) is 35.2 Å². The maximum atomic E-state index is 14.1. The standard InChI is InChI=1S/C29H26FN3O3/c1-29-27-26(22-5-3-4-6-24(22)31-27)23(19-9-13-21(36-2)14-10-19)16-33(29)25(34)17-32(28(29)35)15-18-7-11-20(30)12-8-18/h3-14,23,31H,15-17H2,1-2H3. The summed E-state index contributed by atoms with van der Waals surface area (Å²) in [6.45, 7) is 2.46. The lowest BCUT2D eigenvalue weighted by molar-refractivity contribution is -0.166. The Bertz CT molecular complexity index is 1480. The van der Waals surface area contributed by atoms with Crippen LogP contribution in [0.4, 0.5) is 4.39 Å². The van der Waals surface area contributed by atoms with Gasteiger partial charge in [-0.25, -0.2) is 4.39 Å². The topological polar surface area (TPSA) is 65.6 Å². The summed E-state index contributed by atoms with van der Waals surface area (Å²) in [7, 11) is 1.63. The number of piperazine rings is 1. The molecule has 2 aliphatic heterocycles. The van der Waals surface area contributed by atoms with Crippen LogP contribution in [0.2, 0.25) is 0 Å². The van der Waals surface area contributed by atoms with Crippen molar-refractivity contribution in [2.45, 2.75) is 24.9 Å². The zero-order chi connectivity index (χ0) is 25.0. The number of hydrogen-bond acceptors (Lipinski definition) is 3. The molecule has 2 amide bonds. The number of methoxy groups -OCH3 is 1. The second-order valence-electron chi connectivity index (χ2n) is 9.65. The molecule has 3 aromatic carbocycles. The van der Waals surface area contributed by atoms with Gasteiger partial charge in [0.1, 0.15) is 18.1 Å². The van der Waals surface area contributed by atoms with Crippen LogP contribution in [0, 0.1) is 5.82 Å². The second-order valence-corrected chi connectivity index (χ2v) is 9.65. The van der Waals surface area contributed by atoms with Crippen molar-refractivity contribution in [3.05, 3.63) is 101 Å². The number of para-hydroxylation sites is 1. The number of ether oxygens (including phenoxy) is 1. The minimum absolute atomic E-state index is 0.0172. The van der Waals surface area contributed by atoms with Crippen molar-refractivity contribution in [1.82, 2.24) is 14.8 Å². The highest BCUT2D eigenvalue weighted by Gasteiger charge is 2.56. The minimum Gasteiger partial charge on any atom is -0.497 e. The van der Waals surface area contributed by atoms with Gasteiger partial charge in [0.2, 0.25) is 5.91 Å². The molecule has 1 fully saturated rings. The lowest BCUT2D eigenvalue weighted by Gasteiger charge is -2.51. The molecule has 182 valence electrons. The molecule has 1 aromatic heterocycles. The van der Waals surface area contributed by atoms with E-state index in [0.29, 0.717) is 6.54 Å². The third kappa shape index (κ3) is 3.30. The average Bonchev–Trinajstić information content (AvgIpc) is 3.29. The molecule has 3 heterocycles. The fraction of sp³-hybridized carbons (Fsp3) is 0.241. The third-order valence-corrected chi connectivity index (χ3v) is 7.62. The largest absolute Gasteiger partial charge is 0.497 e. The maximum Gasteiger partial charge on any atom is 0.255 e. The molecule has 36 heavy (non-hydrogen) atoms. The summed E-state index contributed by atoms with van der Waals surface area (Å²) >= 11 is 0. The van der Waals surface area contributed by atoms with Crippen LogP contribution in [-0.4, -0.2) is 46.8 Å². The molecule has 0 spiro atoms. The van der Waals surface area contributed by atoms with E-state index in [0.717, 1.165) is 39.0 Å². The number of H-pyrrole nitrogens is 1. The quantitative estimate of drug-likeness (QED) is 0.463. The highest BCUT2D eigenvalue weighted by molar-refractivity contribution is 6.01. The van der Waals surface area contributed by atoms with Gasteiger partial charge in [0.25, 0.3) is 5.91 Å². The van der Waals surface area contributed by atoms with Crippen LogP contribution < -0.4 is 4.74 Å². The van der Waals surface area contributed by atoms with Crippen molar-refractivity contribution in [1.29, 1.82) is 0 Å². The van der Waals surface area contributed by atoms with Crippen molar-refractivity contribution < 1.29 is 18.7 Å². The Hall–Kier alpha value is -4.13. The predicted molar refractivity (Wildman–Crippen MR) is 134 cm³/mol. The number of fused-ring (bicyclic) bond motifs is 5. The van der Waals surface area contributed by atoms with E-state index in [1.54, 1.807) is 29.0 Å². The van der Waals surface area contributed by atoms with Gasteiger partial charge in [-0.3, -0.25) is 9.59 Å². The number of hydrogen-bond donors (Lipinski definition) is 1. The van der Waals surface area contributed by atoms with Crippen molar-refractivity contribution in [3.8, 4) is 5.75 Å². The van der Waals surface area contributed by atoms with Crippen molar-refractivity contribution >= 4 is 22.7 Å². The number of aromatic amines is 1. The highest BCUT2D eigenvalue weighted by atomic mass is 19.1. The van der Waals surface area contributed by atoms with Crippen molar-refractivity contribution in [2.24, 2.45) is 0 Å². The number of nitrogens with zero attached hydrogens (tertiary/aromatic N) is 2. The molecule has 2 aliphatic rings. The van der Waals surface area contributed by atoms with E-state index in [4.69, 9.17) is 4.74 Å². The summed E-state index contributed by atoms with van der Waals surface area (Å²) in [6, 6.07) is 21.9. The number of aromatic nitrogens is 1. The van der Waals surface area contributed by atoms with E-state index in [-0.39, 0.29) is 36.6 Å². The van der Waals surface area contributed by atoms with Crippen LogP contribution in [-0.2, 0) is 21.7 Å². The molecule has 1 N–H and O–H groups in total. The normalized spacial score (nSPS) is 21.5. The first-order valence-corrected chi connectivity index (χ1v) is 12.0. The van der Waals surface area contributed by atoms with Gasteiger partial charge in [-0.15, -0.1) is 0 Å². The van der Waals surface area contributed by atoms with Gasteiger partial charge in [-0.1, -0.05) is 42.5 Å². The van der Waals surface area contributed by atoms with Crippen LogP contribution in [0.5, 0.6) is 5.75 Å². The summed E-state index contributed by atoms with van der Waals surface area (Å²) in [5.41, 5.74) is 3.38. The molecule has 2 unspecified atom stereocenters. The van der Waals surface area contributed by atoms with Gasteiger partial charge in [-0.2, -0.15) is 0 Å². The molecule has 0 radical (unpaired) electrons. The van der Waals surface area contributed by atoms with E-state index >= 15 is 0 Å². The number of rotatable bonds is 4. The van der Waals surface area contributed by atoms with E-state index in [1.807, 2.05) is 49.4 Å². The Morgan fingerprint density at radius 3 is 2.47 bits per heavy atom. The molecule has 0 aliphatic carbocycles. The zero-order valence-corrected chi connectivity index (χ0v) is 20.1. The molecule has 0 saturated carbocycles. The van der Waals surface area contributed by atoms with E-state index in [9.17, 15) is 14.0 Å². The molecule has 7 heteroatoms. The predicted octanol–water partition coefficient (Wildman–Crippen LogP) is 4.55. The minimum atomic E-state index is -1.17. The van der Waals surface area contributed by atoms with Gasteiger partial charge in [0.05, 0.1) is 12.8 Å². The van der Waals surface area contributed by atoms with Crippen molar-refractivity contribution in [3.63, 3.8) is 0 Å². The first-order chi connectivity index (χ1) is 17.4. The lowest BCUT2D eigenvalue weighted by atomic mass is 9.76. The molecular weight excluding hydrogens is 457 g/mol. The van der Waals surface area contributed by atoms with Gasteiger partial charge in [-0.05, 0) is 53.9 Å². The fourth-order valence-corrected chi connectivity index (χ4v) is 5.75. The summed E-state index contributed by atoms with van der Waals surface area (Å²) in [6.07, 6.45) is 0. The first-order valence-electron chi connectivity index (χ1n) is 12.0. The monoisotopic (exact) mass is 483 g/mol. The van der Waals surface area contributed by atoms with Crippen LogP contribution in [0.15, 0.2) is 72.8 Å². The molecule has 0 bridgehead atoms. The van der Waals surface area contributed by atoms with E-state index in [1.165, 1.54) is 12.1 Å². The molecule has 6 nitrogen and oxygen atoms in total. The number of benzene rings is 3. The number of amides is 2. The Kier molecular flexibility index (Phi) is 5.10. The molecule has 2 atom stereocenters. The molecular formula is C29H26FN3O3. The summed E-state index contributed by atoms with van der Waals surface area (Å²) in [4.78, 5) is 34.5. The first kappa shape index (κ1) is 22.3.